The first-order valence-corrected chi connectivity index (χ1v) is 3.95. The van der Waals surface area contributed by atoms with Gasteiger partial charge in [0, 0.05) is 11.8 Å². The van der Waals surface area contributed by atoms with Crippen molar-refractivity contribution in [2.75, 3.05) is 5.32 Å². The van der Waals surface area contributed by atoms with Crippen LogP contribution in [-0.4, -0.2) is 15.9 Å². The van der Waals surface area contributed by atoms with Gasteiger partial charge in [0.15, 0.2) is 0 Å². The minimum atomic E-state index is -0.00417. The third-order valence-electron chi connectivity index (χ3n) is 1.40. The highest BCUT2D eigenvalue weighted by atomic mass is 16.1. The molecule has 0 aliphatic carbocycles. The van der Waals surface area contributed by atoms with E-state index < -0.39 is 0 Å². The second-order valence-electron chi connectivity index (χ2n) is 2.12. The van der Waals surface area contributed by atoms with Gasteiger partial charge in [-0.2, -0.15) is 0 Å². The van der Waals surface area contributed by atoms with E-state index in [9.17, 15) is 4.79 Å². The molecule has 2 rings (SSSR count). The molecule has 1 N–H and O–H groups in total. The minimum absolute atomic E-state index is 0.00417. The Balaban J connectivity index is 0.000000336. The lowest BCUT2D eigenvalue weighted by atomic mass is 10.3. The molecule has 0 aromatic carbocycles. The average molecular weight is 165 g/mol. The number of hydrogen-bond donors (Lipinski definition) is 1. The van der Waals surface area contributed by atoms with Crippen molar-refractivity contribution in [2.24, 2.45) is 0 Å². The fourth-order valence-electron chi connectivity index (χ4n) is 0.950. The molecule has 1 aromatic heterocycles. The molecule has 1 amide bonds. The first-order chi connectivity index (χ1) is 5.86. The summed E-state index contributed by atoms with van der Waals surface area (Å²) in [6.07, 6.45) is 3.49. The zero-order valence-electron chi connectivity index (χ0n) is 7.16. The van der Waals surface area contributed by atoms with Crippen molar-refractivity contribution in [3.63, 3.8) is 0 Å². The smallest absolute Gasteiger partial charge is 0.230 e. The third-order valence-corrected chi connectivity index (χ3v) is 1.40. The number of anilines is 1. The van der Waals surface area contributed by atoms with Gasteiger partial charge < -0.3 is 5.32 Å². The van der Waals surface area contributed by atoms with Gasteiger partial charge in [0.2, 0.25) is 5.91 Å². The molecule has 4 heteroatoms. The molecular weight excluding hydrogens is 154 g/mol. The van der Waals surface area contributed by atoms with E-state index in [0.717, 1.165) is 5.56 Å². The van der Waals surface area contributed by atoms with Crippen molar-refractivity contribution in [2.45, 2.75) is 20.3 Å². The number of amides is 1. The number of nitrogens with zero attached hydrogens (tertiary/aromatic N) is 2. The Kier molecular flexibility index (Phi) is 2.74. The van der Waals surface area contributed by atoms with E-state index >= 15 is 0 Å². The maximum atomic E-state index is 10.7. The summed E-state index contributed by atoms with van der Waals surface area (Å²) in [6, 6.07) is 0. The number of carbonyl (C=O) groups excluding carboxylic acids is 1. The van der Waals surface area contributed by atoms with E-state index in [2.05, 4.69) is 15.3 Å². The van der Waals surface area contributed by atoms with Crippen LogP contribution in [0.4, 0.5) is 5.82 Å². The lowest BCUT2D eigenvalue weighted by Gasteiger charge is -1.91. The molecule has 4 nitrogen and oxygen atoms in total. The Morgan fingerprint density at radius 2 is 2.25 bits per heavy atom. The Morgan fingerprint density at radius 3 is 2.92 bits per heavy atom. The summed E-state index contributed by atoms with van der Waals surface area (Å²) in [4.78, 5) is 18.4. The molecule has 0 bridgehead atoms. The van der Waals surface area contributed by atoms with Crippen molar-refractivity contribution < 1.29 is 4.79 Å². The van der Waals surface area contributed by atoms with Gasteiger partial charge >= 0.3 is 0 Å². The predicted molar refractivity (Wildman–Crippen MR) is 45.7 cm³/mol. The summed E-state index contributed by atoms with van der Waals surface area (Å²) < 4.78 is 0. The zero-order valence-corrected chi connectivity index (χ0v) is 7.16. The summed E-state index contributed by atoms with van der Waals surface area (Å²) in [5, 5.41) is 2.61. The minimum Gasteiger partial charge on any atom is -0.310 e. The van der Waals surface area contributed by atoms with Crippen molar-refractivity contribution in [1.82, 2.24) is 9.97 Å². The molecule has 64 valence electrons. The van der Waals surface area contributed by atoms with Crippen LogP contribution in [0.2, 0.25) is 0 Å². The summed E-state index contributed by atoms with van der Waals surface area (Å²) in [5.41, 5.74) is 0.882. The standard InChI is InChI=1S/C6H5N3O.C2H6/c10-5-1-4-2-7-3-8-6(4)9-5;1-2/h2-3H,1H2,(H,7,8,9,10);1-2H3. The van der Waals surface area contributed by atoms with Gasteiger partial charge in [-0.1, -0.05) is 13.8 Å². The monoisotopic (exact) mass is 165 g/mol. The molecule has 1 aromatic rings. The van der Waals surface area contributed by atoms with Crippen molar-refractivity contribution in [3.05, 3.63) is 18.1 Å². The molecule has 0 spiro atoms. The van der Waals surface area contributed by atoms with Crippen LogP contribution >= 0.6 is 0 Å². The van der Waals surface area contributed by atoms with Crippen LogP contribution in [0.25, 0.3) is 0 Å². The normalized spacial score (nSPS) is 12.7. The Morgan fingerprint density at radius 1 is 1.50 bits per heavy atom. The number of rotatable bonds is 0. The lowest BCUT2D eigenvalue weighted by molar-refractivity contribution is -0.115. The molecule has 0 atom stereocenters. The summed E-state index contributed by atoms with van der Waals surface area (Å²) in [5.74, 6) is 0.649. The average Bonchev–Trinajstić information content (AvgIpc) is 2.48. The fraction of sp³-hybridized carbons (Fsp3) is 0.375. The number of aromatic nitrogens is 2. The number of fused-ring (bicyclic) bond motifs is 1. The van der Waals surface area contributed by atoms with E-state index in [4.69, 9.17) is 0 Å². The van der Waals surface area contributed by atoms with Gasteiger partial charge in [-0.15, -0.1) is 0 Å². The maximum Gasteiger partial charge on any atom is 0.230 e. The molecule has 1 aliphatic heterocycles. The molecule has 0 unspecified atom stereocenters. The van der Waals surface area contributed by atoms with E-state index in [0.29, 0.717) is 12.2 Å². The SMILES string of the molecule is CC.O=C1Cc2cncnc2N1. The Bertz CT molecular complexity index is 258. The Hall–Kier alpha value is -1.45. The van der Waals surface area contributed by atoms with Crippen molar-refractivity contribution in [1.29, 1.82) is 0 Å². The number of nitrogens with one attached hydrogen (secondary N) is 1. The first-order valence-electron chi connectivity index (χ1n) is 3.95. The molecule has 0 fully saturated rings. The molecular formula is C8H11N3O. The highest BCUT2D eigenvalue weighted by Crippen LogP contribution is 2.16. The number of carbonyl (C=O) groups is 1. The zero-order chi connectivity index (χ0) is 8.97. The lowest BCUT2D eigenvalue weighted by Crippen LogP contribution is -2.04. The van der Waals surface area contributed by atoms with Crippen LogP contribution in [0, 0.1) is 0 Å². The van der Waals surface area contributed by atoms with Crippen LogP contribution in [0.15, 0.2) is 12.5 Å². The van der Waals surface area contributed by atoms with Crippen LogP contribution in [-0.2, 0) is 11.2 Å². The summed E-state index contributed by atoms with van der Waals surface area (Å²) in [7, 11) is 0. The Labute approximate surface area is 71.0 Å². The van der Waals surface area contributed by atoms with Gasteiger partial charge in [0.1, 0.15) is 12.1 Å². The quantitative estimate of drug-likeness (QED) is 0.623. The predicted octanol–water partition coefficient (Wildman–Crippen LogP) is 0.997. The first kappa shape index (κ1) is 8.64. The topological polar surface area (TPSA) is 54.9 Å². The van der Waals surface area contributed by atoms with Crippen LogP contribution < -0.4 is 5.32 Å². The maximum absolute atomic E-state index is 10.7. The van der Waals surface area contributed by atoms with Crippen molar-refractivity contribution in [3.8, 4) is 0 Å². The van der Waals surface area contributed by atoms with Crippen LogP contribution in [0.1, 0.15) is 19.4 Å². The van der Waals surface area contributed by atoms with Crippen LogP contribution in [0.3, 0.4) is 0 Å². The molecule has 0 radical (unpaired) electrons. The van der Waals surface area contributed by atoms with Gasteiger partial charge in [-0.3, -0.25) is 4.79 Å². The molecule has 12 heavy (non-hydrogen) atoms. The van der Waals surface area contributed by atoms with Gasteiger partial charge in [0.25, 0.3) is 0 Å². The number of hydrogen-bond acceptors (Lipinski definition) is 3. The molecule has 2 heterocycles. The summed E-state index contributed by atoms with van der Waals surface area (Å²) >= 11 is 0. The molecule has 0 saturated carbocycles. The van der Waals surface area contributed by atoms with Gasteiger partial charge in [-0.05, 0) is 0 Å². The third kappa shape index (κ3) is 1.58. The molecule has 1 aliphatic rings. The van der Waals surface area contributed by atoms with E-state index in [1.165, 1.54) is 6.33 Å². The van der Waals surface area contributed by atoms with E-state index in [1.54, 1.807) is 6.20 Å². The van der Waals surface area contributed by atoms with E-state index in [1.807, 2.05) is 13.8 Å². The second kappa shape index (κ2) is 3.80. The van der Waals surface area contributed by atoms with Gasteiger partial charge in [-0.25, -0.2) is 9.97 Å². The fourth-order valence-corrected chi connectivity index (χ4v) is 0.950. The largest absolute Gasteiger partial charge is 0.310 e. The highest BCUT2D eigenvalue weighted by molar-refractivity contribution is 5.97. The van der Waals surface area contributed by atoms with Crippen molar-refractivity contribution >= 4 is 11.7 Å². The van der Waals surface area contributed by atoms with Gasteiger partial charge in [0.05, 0.1) is 6.42 Å². The highest BCUT2D eigenvalue weighted by Gasteiger charge is 2.17. The molecule has 0 saturated heterocycles. The second-order valence-corrected chi connectivity index (χ2v) is 2.12. The van der Waals surface area contributed by atoms with Crippen LogP contribution in [0.5, 0.6) is 0 Å². The van der Waals surface area contributed by atoms with E-state index in [-0.39, 0.29) is 5.91 Å². The summed E-state index contributed by atoms with van der Waals surface area (Å²) in [6.45, 7) is 4.00.